The summed E-state index contributed by atoms with van der Waals surface area (Å²) < 4.78 is 14.2. The van der Waals surface area contributed by atoms with Crippen LogP contribution in [0.3, 0.4) is 0 Å². The number of benzene rings is 8. The summed E-state index contributed by atoms with van der Waals surface area (Å²) in [4.78, 5) is 56.4. The normalized spacial score (nSPS) is 10.3. The molecule has 0 aliphatic carbocycles. The Morgan fingerprint density at radius 2 is 0.787 bits per heavy atom. The van der Waals surface area contributed by atoms with Crippen molar-refractivity contribution in [1.82, 2.24) is 0 Å². The van der Waals surface area contributed by atoms with Gasteiger partial charge in [-0.15, -0.1) is 0 Å². The Morgan fingerprint density at radius 1 is 0.459 bits per heavy atom. The number of aryl methyl sites for hydroxylation is 2. The maximum atomic E-state index is 11.6. The van der Waals surface area contributed by atoms with Gasteiger partial charge in [-0.25, -0.2) is 19.2 Å². The predicted molar refractivity (Wildman–Crippen MR) is 244 cm³/mol. The predicted octanol–water partition coefficient (Wildman–Crippen LogP) is 11.7. The van der Waals surface area contributed by atoms with Crippen LogP contribution in [0.15, 0.2) is 146 Å². The van der Waals surface area contributed by atoms with Crippen molar-refractivity contribution in [3.05, 3.63) is 190 Å². The number of carbonyl (C=O) groups is 5. The molecule has 0 amide bonds. The largest absolute Gasteiger partial charge is 0.478 e. The van der Waals surface area contributed by atoms with Gasteiger partial charge in [0.05, 0.1) is 43.6 Å². The monoisotopic (exact) mass is 878 g/mol. The molecule has 0 spiro atoms. The van der Waals surface area contributed by atoms with E-state index in [0.29, 0.717) is 27.8 Å². The number of halogens is 1. The SMILES string of the molecule is COC(=O)c1ccc(C)c2ccccc12.COC(=O)c1ccc(C=O)c2ccccc12.COC(=O)c1ccc(CBr)c2ccccc12.Cc1ccc(C(=O)O)c2ccccc12. The van der Waals surface area contributed by atoms with Crippen LogP contribution in [0, 0.1) is 13.8 Å². The molecule has 0 aromatic heterocycles. The maximum Gasteiger partial charge on any atom is 0.338 e. The molecule has 0 saturated heterocycles. The molecule has 1 N–H and O–H groups in total. The Bertz CT molecular complexity index is 2900. The van der Waals surface area contributed by atoms with Crippen molar-refractivity contribution in [3.63, 3.8) is 0 Å². The first-order valence-electron chi connectivity index (χ1n) is 19.0. The molecule has 9 nitrogen and oxygen atoms in total. The number of aldehydes is 1. The Labute approximate surface area is 361 Å². The van der Waals surface area contributed by atoms with Gasteiger partial charge >= 0.3 is 23.9 Å². The lowest BCUT2D eigenvalue weighted by Gasteiger charge is -2.08. The molecule has 61 heavy (non-hydrogen) atoms. The van der Waals surface area contributed by atoms with Crippen LogP contribution < -0.4 is 0 Å². The summed E-state index contributed by atoms with van der Waals surface area (Å²) in [6.45, 7) is 4.01. The van der Waals surface area contributed by atoms with Gasteiger partial charge in [-0.05, 0) is 97.9 Å². The van der Waals surface area contributed by atoms with Gasteiger partial charge in [0.1, 0.15) is 0 Å². The van der Waals surface area contributed by atoms with Crippen LogP contribution >= 0.6 is 15.9 Å². The van der Waals surface area contributed by atoms with Crippen LogP contribution in [0.2, 0.25) is 0 Å². The third-order valence-electron chi connectivity index (χ3n) is 9.97. The van der Waals surface area contributed by atoms with Crippen LogP contribution in [0.25, 0.3) is 43.1 Å². The van der Waals surface area contributed by atoms with Crippen molar-refractivity contribution in [2.75, 3.05) is 21.3 Å². The summed E-state index contributed by atoms with van der Waals surface area (Å²) >= 11 is 3.44. The van der Waals surface area contributed by atoms with E-state index in [1.54, 1.807) is 24.3 Å². The fourth-order valence-corrected chi connectivity index (χ4v) is 7.34. The molecule has 8 aromatic rings. The first kappa shape index (κ1) is 44.9. The van der Waals surface area contributed by atoms with E-state index in [-0.39, 0.29) is 11.9 Å². The molecule has 0 aliphatic heterocycles. The fourth-order valence-electron chi connectivity index (χ4n) is 6.85. The number of hydrogen-bond donors (Lipinski definition) is 1. The number of carboxylic acids is 1. The van der Waals surface area contributed by atoms with Gasteiger partial charge in [0.2, 0.25) is 0 Å². The molecular formula is C51H43BrO9. The van der Waals surface area contributed by atoms with Crippen molar-refractivity contribution in [3.8, 4) is 0 Å². The molecule has 0 fully saturated rings. The van der Waals surface area contributed by atoms with Crippen LogP contribution in [0.1, 0.15) is 68.5 Å². The van der Waals surface area contributed by atoms with E-state index < -0.39 is 11.9 Å². The average molecular weight is 880 g/mol. The van der Waals surface area contributed by atoms with Gasteiger partial charge < -0.3 is 19.3 Å². The van der Waals surface area contributed by atoms with Gasteiger partial charge in [0.25, 0.3) is 0 Å². The molecule has 10 heteroatoms. The Balaban J connectivity index is 0.000000154. The number of carbonyl (C=O) groups excluding carboxylic acids is 4. The molecular weight excluding hydrogens is 836 g/mol. The van der Waals surface area contributed by atoms with Crippen LogP contribution in [0.4, 0.5) is 0 Å². The molecule has 308 valence electrons. The molecule has 0 radical (unpaired) electrons. The molecule has 0 unspecified atom stereocenters. The highest BCUT2D eigenvalue weighted by atomic mass is 79.9. The summed E-state index contributed by atoms with van der Waals surface area (Å²) in [5.41, 5.74) is 6.09. The second kappa shape index (κ2) is 21.2. The van der Waals surface area contributed by atoms with Gasteiger partial charge in [-0.2, -0.15) is 0 Å². The topological polar surface area (TPSA) is 133 Å². The van der Waals surface area contributed by atoms with Crippen LogP contribution in [0.5, 0.6) is 0 Å². The highest BCUT2D eigenvalue weighted by molar-refractivity contribution is 9.08. The number of rotatable bonds is 6. The van der Waals surface area contributed by atoms with Gasteiger partial charge in [-0.3, -0.25) is 4.79 Å². The number of methoxy groups -OCH3 is 3. The maximum absolute atomic E-state index is 11.6. The standard InChI is InChI=1S/C13H11BrO2.C13H10O3.C13H12O2.C12H10O2/c2*1-16-13(15)12-7-6-9(8-14)10-4-2-3-5-11(10)12;1-9-7-8-12(13(14)15-2)11-6-4-3-5-10(9)11;1-8-6-7-11(12(13)14)10-5-3-2-4-9(8)10/h2-7H,8H2,1H3;2-8H,1H3;3-8H,1-2H3;2-7H,1H3,(H,13,14). The van der Waals surface area contributed by atoms with E-state index in [1.807, 2.05) is 135 Å². The number of hydrogen-bond acceptors (Lipinski definition) is 8. The van der Waals surface area contributed by atoms with E-state index in [2.05, 4.69) is 15.9 Å². The number of esters is 3. The molecule has 8 rings (SSSR count). The van der Waals surface area contributed by atoms with Gasteiger partial charge in [0.15, 0.2) is 6.29 Å². The number of aromatic carboxylic acids is 1. The summed E-state index contributed by atoms with van der Waals surface area (Å²) in [7, 11) is 4.14. The minimum Gasteiger partial charge on any atom is -0.478 e. The van der Waals surface area contributed by atoms with Crippen LogP contribution in [-0.4, -0.2) is 56.6 Å². The van der Waals surface area contributed by atoms with Gasteiger partial charge in [-0.1, -0.05) is 137 Å². The van der Waals surface area contributed by atoms with E-state index >= 15 is 0 Å². The van der Waals surface area contributed by atoms with Crippen molar-refractivity contribution in [1.29, 1.82) is 0 Å². The molecule has 0 saturated carbocycles. The zero-order valence-corrected chi connectivity index (χ0v) is 35.8. The van der Waals surface area contributed by atoms with Crippen molar-refractivity contribution in [2.24, 2.45) is 0 Å². The molecule has 0 bridgehead atoms. The summed E-state index contributed by atoms with van der Waals surface area (Å²) in [5.74, 6) is -1.85. The molecule has 0 heterocycles. The number of ether oxygens (including phenoxy) is 3. The smallest absolute Gasteiger partial charge is 0.338 e. The van der Waals surface area contributed by atoms with Crippen molar-refractivity contribution >= 4 is 89.2 Å². The molecule has 8 aromatic carbocycles. The zero-order chi connectivity index (χ0) is 44.1. The highest BCUT2D eigenvalue weighted by Crippen LogP contribution is 2.26. The Kier molecular flexibility index (Phi) is 15.6. The van der Waals surface area contributed by atoms with Crippen molar-refractivity contribution in [2.45, 2.75) is 19.2 Å². The quantitative estimate of drug-likeness (QED) is 0.0750. The Hall–Kier alpha value is -7.17. The summed E-state index contributed by atoms with van der Waals surface area (Å²) in [6, 6.07) is 44.7. The first-order chi connectivity index (χ1) is 29.5. The lowest BCUT2D eigenvalue weighted by molar-refractivity contribution is 0.0594. The zero-order valence-electron chi connectivity index (χ0n) is 34.2. The van der Waals surface area contributed by atoms with Crippen molar-refractivity contribution < 1.29 is 43.3 Å². The summed E-state index contributed by atoms with van der Waals surface area (Å²) in [6.07, 6.45) is 0.781. The molecule has 0 aliphatic rings. The number of fused-ring (bicyclic) bond motifs is 4. The summed E-state index contributed by atoms with van der Waals surface area (Å²) in [5, 5.41) is 17.1. The second-order valence-electron chi connectivity index (χ2n) is 13.5. The van der Waals surface area contributed by atoms with E-state index in [4.69, 9.17) is 19.3 Å². The second-order valence-corrected chi connectivity index (χ2v) is 14.1. The van der Waals surface area contributed by atoms with E-state index in [9.17, 15) is 24.0 Å². The minimum absolute atomic E-state index is 0.286. The van der Waals surface area contributed by atoms with Gasteiger partial charge in [0, 0.05) is 10.9 Å². The average Bonchev–Trinajstić information content (AvgIpc) is 3.31. The fraction of sp³-hybridized carbons (Fsp3) is 0.118. The Morgan fingerprint density at radius 3 is 1.20 bits per heavy atom. The van der Waals surface area contributed by atoms with Crippen LogP contribution in [-0.2, 0) is 19.5 Å². The minimum atomic E-state index is -0.874. The van der Waals surface area contributed by atoms with E-state index in [1.165, 1.54) is 32.5 Å². The third-order valence-corrected chi connectivity index (χ3v) is 10.6. The van der Waals surface area contributed by atoms with E-state index in [0.717, 1.165) is 60.3 Å². The first-order valence-corrected chi connectivity index (χ1v) is 20.1. The molecule has 0 atom stereocenters. The number of alkyl halides is 1. The lowest BCUT2D eigenvalue weighted by atomic mass is 10.0. The lowest BCUT2D eigenvalue weighted by Crippen LogP contribution is -2.02. The number of carboxylic acid groups (broad SMARTS) is 1. The highest BCUT2D eigenvalue weighted by Gasteiger charge is 2.14. The third kappa shape index (κ3) is 10.4.